The van der Waals surface area contributed by atoms with Crippen molar-refractivity contribution in [2.24, 2.45) is 0 Å². The van der Waals surface area contributed by atoms with Crippen molar-refractivity contribution in [3.63, 3.8) is 0 Å². The van der Waals surface area contributed by atoms with Gasteiger partial charge >= 0.3 is 0 Å². The number of benzene rings is 1. The van der Waals surface area contributed by atoms with Crippen LogP contribution < -0.4 is 10.1 Å². The molecule has 1 aliphatic heterocycles. The molecule has 1 fully saturated rings. The van der Waals surface area contributed by atoms with Crippen LogP contribution in [0.15, 0.2) is 24.3 Å². The number of rotatable bonds is 7. The fourth-order valence-corrected chi connectivity index (χ4v) is 2.57. The first-order valence-corrected chi connectivity index (χ1v) is 7.10. The zero-order valence-corrected chi connectivity index (χ0v) is 11.6. The van der Waals surface area contributed by atoms with Crippen LogP contribution in [0.1, 0.15) is 18.9 Å². The summed E-state index contributed by atoms with van der Waals surface area (Å²) in [5.41, 5.74) is 1.30. The van der Waals surface area contributed by atoms with Gasteiger partial charge in [0.2, 0.25) is 0 Å². The maximum atomic E-state index is 8.82. The van der Waals surface area contributed by atoms with Crippen LogP contribution in [-0.2, 0) is 6.54 Å². The summed E-state index contributed by atoms with van der Waals surface area (Å²) in [6, 6.07) is 8.84. The molecule has 1 aliphatic rings. The lowest BCUT2D eigenvalue weighted by molar-refractivity contribution is 0.278. The van der Waals surface area contributed by atoms with Gasteiger partial charge in [0.15, 0.2) is 0 Å². The van der Waals surface area contributed by atoms with Gasteiger partial charge < -0.3 is 15.2 Å². The summed E-state index contributed by atoms with van der Waals surface area (Å²) in [7, 11) is 0. The van der Waals surface area contributed by atoms with E-state index in [0.29, 0.717) is 19.2 Å². The first-order chi connectivity index (χ1) is 9.31. The van der Waals surface area contributed by atoms with Gasteiger partial charge in [-0.25, -0.2) is 0 Å². The number of nitrogens with zero attached hydrogens (tertiary/aromatic N) is 1. The van der Waals surface area contributed by atoms with Crippen molar-refractivity contribution in [1.82, 2.24) is 10.2 Å². The monoisotopic (exact) mass is 264 g/mol. The van der Waals surface area contributed by atoms with Gasteiger partial charge in [0.05, 0.1) is 13.2 Å². The second kappa shape index (κ2) is 7.48. The minimum absolute atomic E-state index is 0.215. The SMILES string of the molecule is CCOc1cccc(CN2CCC(NCCO)C2)c1. The average Bonchev–Trinajstić information content (AvgIpc) is 2.85. The molecular formula is C15H24N2O2. The molecule has 106 valence electrons. The van der Waals surface area contributed by atoms with Crippen LogP contribution >= 0.6 is 0 Å². The smallest absolute Gasteiger partial charge is 0.119 e. The fraction of sp³-hybridized carbons (Fsp3) is 0.600. The number of ether oxygens (including phenoxy) is 1. The Hall–Kier alpha value is -1.10. The Morgan fingerprint density at radius 1 is 1.47 bits per heavy atom. The third kappa shape index (κ3) is 4.49. The Bertz CT molecular complexity index is 384. The molecule has 0 radical (unpaired) electrons. The average molecular weight is 264 g/mol. The molecular weight excluding hydrogens is 240 g/mol. The Morgan fingerprint density at radius 2 is 2.37 bits per heavy atom. The van der Waals surface area contributed by atoms with Crippen molar-refractivity contribution in [2.45, 2.75) is 25.9 Å². The molecule has 1 aromatic rings. The lowest BCUT2D eigenvalue weighted by atomic mass is 10.2. The van der Waals surface area contributed by atoms with E-state index in [1.807, 2.05) is 13.0 Å². The van der Waals surface area contributed by atoms with Gasteiger partial charge in [-0.15, -0.1) is 0 Å². The standard InChI is InChI=1S/C15H24N2O2/c1-2-19-15-5-3-4-13(10-15)11-17-8-6-14(12-17)16-7-9-18/h3-5,10,14,16,18H,2,6-9,11-12H2,1H3. The Morgan fingerprint density at radius 3 is 3.16 bits per heavy atom. The first-order valence-electron chi connectivity index (χ1n) is 7.10. The van der Waals surface area contributed by atoms with Gasteiger partial charge in [-0.1, -0.05) is 12.1 Å². The highest BCUT2D eigenvalue weighted by Gasteiger charge is 2.21. The van der Waals surface area contributed by atoms with Crippen molar-refractivity contribution >= 4 is 0 Å². The van der Waals surface area contributed by atoms with Crippen molar-refractivity contribution in [3.05, 3.63) is 29.8 Å². The first kappa shape index (κ1) is 14.3. The molecule has 0 amide bonds. The number of nitrogens with one attached hydrogen (secondary N) is 1. The molecule has 1 atom stereocenters. The lowest BCUT2D eigenvalue weighted by Gasteiger charge is -2.17. The van der Waals surface area contributed by atoms with Crippen molar-refractivity contribution < 1.29 is 9.84 Å². The fourth-order valence-electron chi connectivity index (χ4n) is 2.57. The molecule has 0 aromatic heterocycles. The van der Waals surface area contributed by atoms with Crippen LogP contribution in [0, 0.1) is 0 Å². The van der Waals surface area contributed by atoms with E-state index >= 15 is 0 Å². The third-order valence-corrected chi connectivity index (χ3v) is 3.43. The summed E-state index contributed by atoms with van der Waals surface area (Å²) < 4.78 is 5.53. The van der Waals surface area contributed by atoms with E-state index in [0.717, 1.165) is 31.8 Å². The summed E-state index contributed by atoms with van der Waals surface area (Å²) in [5, 5.41) is 12.2. The summed E-state index contributed by atoms with van der Waals surface area (Å²) in [4.78, 5) is 2.44. The zero-order chi connectivity index (χ0) is 13.5. The van der Waals surface area contributed by atoms with E-state index in [9.17, 15) is 0 Å². The van der Waals surface area contributed by atoms with Gasteiger partial charge in [-0.05, 0) is 31.0 Å². The summed E-state index contributed by atoms with van der Waals surface area (Å²) in [5.74, 6) is 0.953. The Labute approximate surface area is 115 Å². The molecule has 2 N–H and O–H groups in total. The third-order valence-electron chi connectivity index (χ3n) is 3.43. The number of hydrogen-bond acceptors (Lipinski definition) is 4. The predicted octanol–water partition coefficient (Wildman–Crippen LogP) is 1.24. The van der Waals surface area contributed by atoms with Gasteiger partial charge in [-0.2, -0.15) is 0 Å². The maximum absolute atomic E-state index is 8.82. The second-order valence-electron chi connectivity index (χ2n) is 4.98. The second-order valence-corrected chi connectivity index (χ2v) is 4.98. The van der Waals surface area contributed by atoms with Crippen molar-refractivity contribution in [3.8, 4) is 5.75 Å². The van der Waals surface area contributed by atoms with E-state index in [1.54, 1.807) is 0 Å². The number of hydrogen-bond donors (Lipinski definition) is 2. The maximum Gasteiger partial charge on any atom is 0.119 e. The van der Waals surface area contributed by atoms with E-state index < -0.39 is 0 Å². The van der Waals surface area contributed by atoms with Crippen LogP contribution in [0.5, 0.6) is 5.75 Å². The molecule has 1 saturated heterocycles. The Balaban J connectivity index is 1.83. The van der Waals surface area contributed by atoms with Crippen LogP contribution in [0.2, 0.25) is 0 Å². The molecule has 0 bridgehead atoms. The molecule has 1 unspecified atom stereocenters. The summed E-state index contributed by atoms with van der Waals surface area (Å²) >= 11 is 0. The van der Waals surface area contributed by atoms with Gasteiger partial charge in [-0.3, -0.25) is 4.90 Å². The van der Waals surface area contributed by atoms with E-state index in [4.69, 9.17) is 9.84 Å². The van der Waals surface area contributed by atoms with E-state index in [1.165, 1.54) is 5.56 Å². The number of aliphatic hydroxyl groups is 1. The van der Waals surface area contributed by atoms with Crippen LogP contribution in [-0.4, -0.2) is 48.9 Å². The van der Waals surface area contributed by atoms with Crippen molar-refractivity contribution in [1.29, 1.82) is 0 Å². The van der Waals surface area contributed by atoms with Crippen LogP contribution in [0.25, 0.3) is 0 Å². The zero-order valence-electron chi connectivity index (χ0n) is 11.6. The quantitative estimate of drug-likeness (QED) is 0.778. The normalized spacial score (nSPS) is 19.8. The highest BCUT2D eigenvalue weighted by Crippen LogP contribution is 2.17. The molecule has 1 aromatic carbocycles. The van der Waals surface area contributed by atoms with Gasteiger partial charge in [0.25, 0.3) is 0 Å². The predicted molar refractivity (Wildman–Crippen MR) is 76.4 cm³/mol. The highest BCUT2D eigenvalue weighted by atomic mass is 16.5. The molecule has 19 heavy (non-hydrogen) atoms. The van der Waals surface area contributed by atoms with E-state index in [-0.39, 0.29) is 6.61 Å². The largest absolute Gasteiger partial charge is 0.494 e. The topological polar surface area (TPSA) is 44.7 Å². The molecule has 0 spiro atoms. The number of aliphatic hydroxyl groups excluding tert-OH is 1. The minimum Gasteiger partial charge on any atom is -0.494 e. The molecule has 0 saturated carbocycles. The van der Waals surface area contributed by atoms with Crippen molar-refractivity contribution in [2.75, 3.05) is 32.8 Å². The lowest BCUT2D eigenvalue weighted by Crippen LogP contribution is -2.34. The van der Waals surface area contributed by atoms with Crippen LogP contribution in [0.4, 0.5) is 0 Å². The molecule has 2 rings (SSSR count). The summed E-state index contributed by atoms with van der Waals surface area (Å²) in [6.07, 6.45) is 1.16. The molecule has 4 nitrogen and oxygen atoms in total. The molecule has 1 heterocycles. The van der Waals surface area contributed by atoms with E-state index in [2.05, 4.69) is 28.4 Å². The number of likely N-dealkylation sites (tertiary alicyclic amines) is 1. The minimum atomic E-state index is 0.215. The molecule has 0 aliphatic carbocycles. The Kier molecular flexibility index (Phi) is 5.63. The summed E-state index contributed by atoms with van der Waals surface area (Å²) in [6.45, 7) is 6.76. The molecule has 4 heteroatoms. The highest BCUT2D eigenvalue weighted by molar-refractivity contribution is 5.28. The van der Waals surface area contributed by atoms with Crippen LogP contribution in [0.3, 0.4) is 0 Å². The van der Waals surface area contributed by atoms with Gasteiger partial charge in [0, 0.05) is 32.2 Å². The van der Waals surface area contributed by atoms with Gasteiger partial charge in [0.1, 0.15) is 5.75 Å².